The van der Waals surface area contributed by atoms with Crippen LogP contribution in [0.3, 0.4) is 0 Å². The van der Waals surface area contributed by atoms with Gasteiger partial charge in [0.15, 0.2) is 0 Å². The summed E-state index contributed by atoms with van der Waals surface area (Å²) in [5.74, 6) is -3.10. The van der Waals surface area contributed by atoms with Crippen molar-refractivity contribution in [1.82, 2.24) is 29.4 Å². The van der Waals surface area contributed by atoms with Crippen LogP contribution in [0.15, 0.2) is 91.0 Å². The Morgan fingerprint density at radius 2 is 0.374 bits per heavy atom. The Hall–Kier alpha value is -8.91. The monoisotopic (exact) mass is 1370 g/mol. The molecular formula is C75H102N6O18. The molecule has 0 spiro atoms. The summed E-state index contributed by atoms with van der Waals surface area (Å²) in [6.45, 7) is 8.45. The lowest BCUT2D eigenvalue weighted by Gasteiger charge is -2.27. The van der Waals surface area contributed by atoms with Gasteiger partial charge in [0.2, 0.25) is 0 Å². The van der Waals surface area contributed by atoms with Gasteiger partial charge in [-0.15, -0.1) is 0 Å². The molecular weight excluding hydrogens is 1270 g/mol. The van der Waals surface area contributed by atoms with E-state index < -0.39 is 0 Å². The molecule has 99 heavy (non-hydrogen) atoms. The number of rotatable bonds is 48. The van der Waals surface area contributed by atoms with Gasteiger partial charge in [-0.05, 0) is 68.3 Å². The normalized spacial score (nSPS) is 11.5. The SMILES string of the molecule is COC(=O)CCN(CCC(=O)OC)CCN(CCC(=O)OC)Cc1ccc(/C=C/c2cc(/C=C/c3ccc(CN(CCC(=O)OC)CCN(CCC(=O)OC)CCC(=O)OC)cc3)cc(/C=C/c3ccc(CN(CCC(=O)OC)CCN(CCC(=O)OC)CCC(=O)OC)cc3)c2)cc1. The third kappa shape index (κ3) is 35.4. The number of esters is 9. The third-order valence-electron chi connectivity index (χ3n) is 16.5. The van der Waals surface area contributed by atoms with Gasteiger partial charge in [0.05, 0.1) is 122 Å². The fraction of sp³-hybridized carbons (Fsp3) is 0.480. The Kier molecular flexibility index (Phi) is 40.0. The standard InChI is InChI=1S/C75H102N6O18/c1-91-67(82)28-37-76(38-29-68(83)92-2)46-49-79(43-34-73(88)97-7)55-61-19-10-58(11-20-61)16-25-64-52-65(26-17-59-12-21-62(22-13-59)56-80(44-35-74(89)98-8)50-47-77(39-30-69(84)93-3)40-31-70(85)94-4)54-66(53-64)27-18-60-14-23-63(24-15-60)57-81(45-36-75(90)99-9)51-48-78(41-32-71(86)95-5)42-33-72(87)96-6/h10-27,52-54H,28-51,55-57H2,1-9H3/b25-16+,26-17+,27-18+. The number of methoxy groups -OCH3 is 9. The zero-order valence-electron chi connectivity index (χ0n) is 59.2. The van der Waals surface area contributed by atoms with E-state index in [1.807, 2.05) is 51.1 Å². The summed E-state index contributed by atoms with van der Waals surface area (Å²) in [4.78, 5) is 122. The number of ether oxygens (including phenoxy) is 9. The van der Waals surface area contributed by atoms with Crippen LogP contribution >= 0.6 is 0 Å². The topological polar surface area (TPSA) is 256 Å². The first-order valence-corrected chi connectivity index (χ1v) is 33.2. The van der Waals surface area contributed by atoms with Gasteiger partial charge in [-0.1, -0.05) is 109 Å². The second kappa shape index (κ2) is 47.9. The third-order valence-corrected chi connectivity index (χ3v) is 16.5. The summed E-state index contributed by atoms with van der Waals surface area (Å²) in [5, 5.41) is 0. The van der Waals surface area contributed by atoms with E-state index in [4.69, 9.17) is 42.6 Å². The molecule has 0 atom stereocenters. The molecule has 0 radical (unpaired) electrons. The van der Waals surface area contributed by atoms with Gasteiger partial charge in [0.25, 0.3) is 0 Å². The molecule has 0 aliphatic rings. The molecule has 0 heterocycles. The number of benzene rings is 4. The second-order valence-electron chi connectivity index (χ2n) is 23.4. The Morgan fingerprint density at radius 3 is 0.545 bits per heavy atom. The van der Waals surface area contributed by atoms with E-state index in [9.17, 15) is 43.2 Å². The molecule has 0 saturated heterocycles. The molecule has 0 aliphatic carbocycles. The number of carbonyl (C=O) groups excluding carboxylic acids is 9. The minimum Gasteiger partial charge on any atom is -0.469 e. The summed E-state index contributed by atoms with van der Waals surface area (Å²) in [6, 6.07) is 30.9. The van der Waals surface area contributed by atoms with Gasteiger partial charge in [-0.2, -0.15) is 0 Å². The Bertz CT molecular complexity index is 2820. The largest absolute Gasteiger partial charge is 0.469 e. The zero-order chi connectivity index (χ0) is 72.2. The quantitative estimate of drug-likeness (QED) is 0.0234. The van der Waals surface area contributed by atoms with Gasteiger partial charge in [0.1, 0.15) is 0 Å². The molecule has 24 nitrogen and oxygen atoms in total. The van der Waals surface area contributed by atoms with Crippen LogP contribution in [0.5, 0.6) is 0 Å². The average Bonchev–Trinajstić information content (AvgIpc) is 0.882. The first kappa shape index (κ1) is 82.5. The summed E-state index contributed by atoms with van der Waals surface area (Å²) in [5.41, 5.74) is 8.81. The van der Waals surface area contributed by atoms with E-state index in [0.29, 0.717) is 118 Å². The van der Waals surface area contributed by atoms with E-state index >= 15 is 0 Å². The molecule has 0 aliphatic heterocycles. The molecule has 0 bridgehead atoms. The van der Waals surface area contributed by atoms with Crippen molar-refractivity contribution in [2.24, 2.45) is 0 Å². The van der Waals surface area contributed by atoms with Crippen LogP contribution in [-0.2, 0) is 105 Å². The Balaban J connectivity index is 1.64. The maximum Gasteiger partial charge on any atom is 0.306 e. The van der Waals surface area contributed by atoms with Crippen molar-refractivity contribution >= 4 is 90.2 Å². The maximum atomic E-state index is 12.3. The molecule has 0 saturated carbocycles. The maximum absolute atomic E-state index is 12.3. The second-order valence-corrected chi connectivity index (χ2v) is 23.4. The number of nitrogens with zero attached hydrogens (tertiary/aromatic N) is 6. The lowest BCUT2D eigenvalue weighted by atomic mass is 10.0. The van der Waals surface area contributed by atoms with Gasteiger partial charge in [-0.25, -0.2) is 0 Å². The molecule has 24 heteroatoms. The Labute approximate surface area is 583 Å². The van der Waals surface area contributed by atoms with Crippen molar-refractivity contribution in [3.63, 3.8) is 0 Å². The first-order valence-electron chi connectivity index (χ1n) is 33.2. The number of carbonyl (C=O) groups is 9. The first-order chi connectivity index (χ1) is 47.8. The van der Waals surface area contributed by atoms with Crippen LogP contribution in [0.2, 0.25) is 0 Å². The predicted molar refractivity (Wildman–Crippen MR) is 377 cm³/mol. The van der Waals surface area contributed by atoms with Gasteiger partial charge in [-0.3, -0.25) is 57.9 Å². The number of hydrogen-bond donors (Lipinski definition) is 0. The van der Waals surface area contributed by atoms with E-state index in [1.165, 1.54) is 64.0 Å². The molecule has 4 rings (SSSR count). The van der Waals surface area contributed by atoms with Crippen molar-refractivity contribution in [2.75, 3.05) is 162 Å². The fourth-order valence-electron chi connectivity index (χ4n) is 10.4. The van der Waals surface area contributed by atoms with Crippen LogP contribution in [0.25, 0.3) is 36.5 Å². The molecule has 540 valence electrons. The van der Waals surface area contributed by atoms with Crippen molar-refractivity contribution < 1.29 is 85.8 Å². The highest BCUT2D eigenvalue weighted by Crippen LogP contribution is 2.21. The summed E-state index contributed by atoms with van der Waals surface area (Å²) in [6.07, 6.45) is 13.9. The van der Waals surface area contributed by atoms with Gasteiger partial charge < -0.3 is 57.3 Å². The minimum absolute atomic E-state index is 0.161. The van der Waals surface area contributed by atoms with E-state index in [2.05, 4.69) is 106 Å². The predicted octanol–water partition coefficient (Wildman–Crippen LogP) is 7.58. The molecule has 0 unspecified atom stereocenters. The lowest BCUT2D eigenvalue weighted by molar-refractivity contribution is -0.143. The summed E-state index contributed by atoms with van der Waals surface area (Å²) < 4.78 is 44.1. The lowest BCUT2D eigenvalue weighted by Crippen LogP contribution is -2.38. The minimum atomic E-state index is -0.351. The molecule has 4 aromatic rings. The van der Waals surface area contributed by atoms with Crippen LogP contribution in [0.4, 0.5) is 0 Å². The highest BCUT2D eigenvalue weighted by molar-refractivity contribution is 5.79. The van der Waals surface area contributed by atoms with Crippen molar-refractivity contribution in [3.8, 4) is 0 Å². The molecule has 0 amide bonds. The molecule has 0 N–H and O–H groups in total. The van der Waals surface area contributed by atoms with Crippen molar-refractivity contribution in [2.45, 2.75) is 77.4 Å². The number of hydrogen-bond acceptors (Lipinski definition) is 24. The van der Waals surface area contributed by atoms with Gasteiger partial charge >= 0.3 is 53.7 Å². The fourth-order valence-corrected chi connectivity index (χ4v) is 10.4. The van der Waals surface area contributed by atoms with Crippen molar-refractivity contribution in [3.05, 3.63) is 141 Å². The van der Waals surface area contributed by atoms with E-state index in [1.54, 1.807) is 0 Å². The molecule has 4 aromatic carbocycles. The van der Waals surface area contributed by atoms with E-state index in [0.717, 1.165) is 50.1 Å². The summed E-state index contributed by atoms with van der Waals surface area (Å²) in [7, 11) is 12.1. The highest BCUT2D eigenvalue weighted by atomic mass is 16.5. The molecule has 0 aromatic heterocycles. The highest BCUT2D eigenvalue weighted by Gasteiger charge is 2.20. The average molecular weight is 1380 g/mol. The van der Waals surface area contributed by atoms with Crippen LogP contribution in [0, 0.1) is 0 Å². The molecule has 0 fully saturated rings. The summed E-state index contributed by atoms with van der Waals surface area (Å²) >= 11 is 0. The smallest absolute Gasteiger partial charge is 0.306 e. The van der Waals surface area contributed by atoms with Crippen molar-refractivity contribution in [1.29, 1.82) is 0 Å². The van der Waals surface area contributed by atoms with Gasteiger partial charge in [0, 0.05) is 118 Å². The zero-order valence-corrected chi connectivity index (χ0v) is 59.2. The van der Waals surface area contributed by atoms with E-state index in [-0.39, 0.29) is 112 Å². The Morgan fingerprint density at radius 1 is 0.222 bits per heavy atom. The van der Waals surface area contributed by atoms with Crippen LogP contribution < -0.4 is 0 Å². The van der Waals surface area contributed by atoms with Crippen LogP contribution in [-0.4, -0.2) is 245 Å². The van der Waals surface area contributed by atoms with Crippen LogP contribution in [0.1, 0.15) is 108 Å².